The number of phenolic OH excluding ortho intramolecular Hbond substituents is 1. The highest BCUT2D eigenvalue weighted by Crippen LogP contribution is 2.11. The summed E-state index contributed by atoms with van der Waals surface area (Å²) in [4.78, 5) is 34.3. The van der Waals surface area contributed by atoms with Crippen molar-refractivity contribution in [3.63, 3.8) is 0 Å². The predicted octanol–water partition coefficient (Wildman–Crippen LogP) is 1.29. The molecule has 7 heteroatoms. The first-order valence-electron chi connectivity index (χ1n) is 6.61. The van der Waals surface area contributed by atoms with E-state index in [9.17, 15) is 14.4 Å². The minimum absolute atomic E-state index is 0.0266. The normalized spacial score (nSPS) is 9.91. The smallest absolute Gasteiger partial charge is 0.338 e. The van der Waals surface area contributed by atoms with Gasteiger partial charge in [-0.1, -0.05) is 0 Å². The van der Waals surface area contributed by atoms with Crippen molar-refractivity contribution < 1.29 is 24.2 Å². The van der Waals surface area contributed by atoms with Crippen molar-refractivity contribution in [3.05, 3.63) is 59.7 Å². The van der Waals surface area contributed by atoms with E-state index in [-0.39, 0.29) is 11.3 Å². The van der Waals surface area contributed by atoms with E-state index in [1.807, 2.05) is 0 Å². The molecular weight excluding hydrogens is 300 g/mol. The number of carbonyl (C=O) groups is 3. The summed E-state index contributed by atoms with van der Waals surface area (Å²) in [6.07, 6.45) is 0. The van der Waals surface area contributed by atoms with Crippen molar-refractivity contribution in [1.82, 2.24) is 0 Å². The van der Waals surface area contributed by atoms with Crippen molar-refractivity contribution in [3.8, 4) is 5.75 Å². The summed E-state index contributed by atoms with van der Waals surface area (Å²) in [7, 11) is 0. The molecule has 0 fully saturated rings. The Balaban J connectivity index is 1.86. The number of phenols is 1. The summed E-state index contributed by atoms with van der Waals surface area (Å²) < 4.78 is 4.86. The first-order chi connectivity index (χ1) is 11.0. The van der Waals surface area contributed by atoms with E-state index in [4.69, 9.17) is 15.6 Å². The van der Waals surface area contributed by atoms with Gasteiger partial charge in [-0.3, -0.25) is 9.59 Å². The first kappa shape index (κ1) is 16.0. The minimum atomic E-state index is -0.677. The zero-order chi connectivity index (χ0) is 16.8. The number of rotatable bonds is 5. The Bertz CT molecular complexity index is 723. The van der Waals surface area contributed by atoms with Gasteiger partial charge in [0, 0.05) is 11.3 Å². The number of nitrogens with two attached hydrogens (primary N) is 1. The van der Waals surface area contributed by atoms with Crippen LogP contribution in [0.5, 0.6) is 5.75 Å². The van der Waals surface area contributed by atoms with E-state index < -0.39 is 24.4 Å². The molecule has 0 saturated heterocycles. The van der Waals surface area contributed by atoms with Crippen molar-refractivity contribution in [2.24, 2.45) is 5.73 Å². The summed E-state index contributed by atoms with van der Waals surface area (Å²) in [5, 5.41) is 11.6. The third-order valence-corrected chi connectivity index (χ3v) is 2.89. The van der Waals surface area contributed by atoms with Gasteiger partial charge >= 0.3 is 5.97 Å². The number of ether oxygens (including phenoxy) is 1. The topological polar surface area (TPSA) is 119 Å². The van der Waals surface area contributed by atoms with E-state index in [2.05, 4.69) is 5.32 Å². The molecule has 0 spiro atoms. The molecule has 0 aromatic heterocycles. The Morgan fingerprint density at radius 2 is 1.52 bits per heavy atom. The largest absolute Gasteiger partial charge is 0.508 e. The molecule has 0 atom stereocenters. The maximum Gasteiger partial charge on any atom is 0.338 e. The summed E-state index contributed by atoms with van der Waals surface area (Å²) >= 11 is 0. The number of esters is 1. The van der Waals surface area contributed by atoms with E-state index in [0.717, 1.165) is 0 Å². The molecular formula is C16H14N2O5. The fraction of sp³-hybridized carbons (Fsp3) is 0.0625. The molecule has 0 aliphatic heterocycles. The Kier molecular flexibility index (Phi) is 4.93. The SMILES string of the molecule is NC(=O)c1ccc(NC(=O)COC(=O)c2ccc(O)cc2)cc1. The number of carbonyl (C=O) groups excluding carboxylic acids is 3. The second-order valence-corrected chi connectivity index (χ2v) is 4.61. The fourth-order valence-electron chi connectivity index (χ4n) is 1.73. The quantitative estimate of drug-likeness (QED) is 0.718. The third kappa shape index (κ3) is 4.57. The zero-order valence-electron chi connectivity index (χ0n) is 12.0. The molecule has 0 unspecified atom stereocenters. The van der Waals surface area contributed by atoms with Crippen LogP contribution in [0.2, 0.25) is 0 Å². The molecule has 2 rings (SSSR count). The van der Waals surface area contributed by atoms with Crippen LogP contribution in [0.4, 0.5) is 5.69 Å². The Morgan fingerprint density at radius 1 is 0.957 bits per heavy atom. The lowest BCUT2D eigenvalue weighted by Crippen LogP contribution is -2.21. The van der Waals surface area contributed by atoms with Crippen LogP contribution in [0.1, 0.15) is 20.7 Å². The van der Waals surface area contributed by atoms with Gasteiger partial charge in [-0.05, 0) is 48.5 Å². The van der Waals surface area contributed by atoms with Gasteiger partial charge in [-0.25, -0.2) is 4.79 Å². The number of anilines is 1. The summed E-state index contributed by atoms with van der Waals surface area (Å²) in [6.45, 7) is -0.461. The monoisotopic (exact) mass is 314 g/mol. The molecule has 0 heterocycles. The molecule has 2 aromatic rings. The zero-order valence-corrected chi connectivity index (χ0v) is 12.0. The summed E-state index contributed by atoms with van der Waals surface area (Å²) in [5.74, 6) is -1.74. The number of hydrogen-bond acceptors (Lipinski definition) is 5. The Morgan fingerprint density at radius 3 is 2.09 bits per heavy atom. The maximum atomic E-state index is 11.7. The number of hydrogen-bond donors (Lipinski definition) is 3. The second kappa shape index (κ2) is 7.08. The van der Waals surface area contributed by atoms with Crippen LogP contribution in [-0.2, 0) is 9.53 Å². The number of benzene rings is 2. The lowest BCUT2D eigenvalue weighted by atomic mass is 10.2. The average Bonchev–Trinajstić information content (AvgIpc) is 2.54. The number of amides is 2. The van der Waals surface area contributed by atoms with Gasteiger partial charge < -0.3 is 20.9 Å². The van der Waals surface area contributed by atoms with Crippen molar-refractivity contribution in [2.75, 3.05) is 11.9 Å². The van der Waals surface area contributed by atoms with E-state index in [0.29, 0.717) is 11.3 Å². The molecule has 23 heavy (non-hydrogen) atoms. The Hall–Kier alpha value is -3.35. The third-order valence-electron chi connectivity index (χ3n) is 2.89. The van der Waals surface area contributed by atoms with Crippen LogP contribution < -0.4 is 11.1 Å². The molecule has 0 radical (unpaired) electrons. The van der Waals surface area contributed by atoms with Crippen LogP contribution in [0.25, 0.3) is 0 Å². The molecule has 4 N–H and O–H groups in total. The van der Waals surface area contributed by atoms with Crippen LogP contribution in [0, 0.1) is 0 Å². The highest BCUT2D eigenvalue weighted by Gasteiger charge is 2.10. The van der Waals surface area contributed by atoms with Gasteiger partial charge in [0.1, 0.15) is 5.75 Å². The molecule has 7 nitrogen and oxygen atoms in total. The maximum absolute atomic E-state index is 11.7. The van der Waals surface area contributed by atoms with Crippen molar-refractivity contribution in [2.45, 2.75) is 0 Å². The standard InChI is InChI=1S/C16H14N2O5/c17-15(21)10-1-5-12(6-2-10)18-14(20)9-23-16(22)11-3-7-13(19)8-4-11/h1-8,19H,9H2,(H2,17,21)(H,18,20). The predicted molar refractivity (Wildman–Crippen MR) is 82.0 cm³/mol. The Labute approximate surface area is 131 Å². The summed E-state index contributed by atoms with van der Waals surface area (Å²) in [6, 6.07) is 11.4. The van der Waals surface area contributed by atoms with Crippen molar-refractivity contribution >= 4 is 23.5 Å². The van der Waals surface area contributed by atoms with Gasteiger partial charge in [0.05, 0.1) is 5.56 Å². The molecule has 0 saturated carbocycles. The van der Waals surface area contributed by atoms with Crippen molar-refractivity contribution in [1.29, 1.82) is 0 Å². The van der Waals surface area contributed by atoms with Crippen LogP contribution in [-0.4, -0.2) is 29.5 Å². The first-order valence-corrected chi connectivity index (χ1v) is 6.61. The minimum Gasteiger partial charge on any atom is -0.508 e. The lowest BCUT2D eigenvalue weighted by Gasteiger charge is -2.07. The molecule has 2 aromatic carbocycles. The van der Waals surface area contributed by atoms with Crippen LogP contribution in [0.15, 0.2) is 48.5 Å². The molecule has 118 valence electrons. The van der Waals surface area contributed by atoms with Crippen LogP contribution >= 0.6 is 0 Å². The fourth-order valence-corrected chi connectivity index (χ4v) is 1.73. The molecule has 0 aliphatic carbocycles. The van der Waals surface area contributed by atoms with E-state index in [1.54, 1.807) is 0 Å². The van der Waals surface area contributed by atoms with Gasteiger partial charge in [0.15, 0.2) is 6.61 Å². The molecule has 2 amide bonds. The number of primary amides is 1. The molecule has 0 bridgehead atoms. The van der Waals surface area contributed by atoms with Crippen LogP contribution in [0.3, 0.4) is 0 Å². The average molecular weight is 314 g/mol. The number of aromatic hydroxyl groups is 1. The van der Waals surface area contributed by atoms with E-state index >= 15 is 0 Å². The second-order valence-electron chi connectivity index (χ2n) is 4.61. The van der Waals surface area contributed by atoms with Gasteiger partial charge in [-0.15, -0.1) is 0 Å². The van der Waals surface area contributed by atoms with Gasteiger partial charge in [0.25, 0.3) is 5.91 Å². The number of nitrogens with one attached hydrogen (secondary N) is 1. The highest BCUT2D eigenvalue weighted by molar-refractivity contribution is 5.96. The van der Waals surface area contributed by atoms with Gasteiger partial charge in [-0.2, -0.15) is 0 Å². The van der Waals surface area contributed by atoms with Gasteiger partial charge in [0.2, 0.25) is 5.91 Å². The van der Waals surface area contributed by atoms with E-state index in [1.165, 1.54) is 48.5 Å². The lowest BCUT2D eigenvalue weighted by molar-refractivity contribution is -0.119. The molecule has 0 aliphatic rings. The summed E-state index contributed by atoms with van der Waals surface area (Å²) in [5.41, 5.74) is 6.10. The highest BCUT2D eigenvalue weighted by atomic mass is 16.5.